The summed E-state index contributed by atoms with van der Waals surface area (Å²) in [7, 11) is 0. The molecular weight excluding hydrogens is 259 g/mol. The predicted octanol–water partition coefficient (Wildman–Crippen LogP) is 2.04. The van der Waals surface area contributed by atoms with Gasteiger partial charge in [0.05, 0.1) is 0 Å². The predicted molar refractivity (Wildman–Crippen MR) is 62.2 cm³/mol. The molecule has 1 fully saturated rings. The van der Waals surface area contributed by atoms with Crippen molar-refractivity contribution in [2.45, 2.75) is 19.0 Å². The summed E-state index contributed by atoms with van der Waals surface area (Å²) >= 11 is 3.24. The Kier molecular flexibility index (Phi) is 3.72. The van der Waals surface area contributed by atoms with E-state index < -0.39 is 0 Å². The number of rotatable bonds is 3. The molecule has 1 aliphatic rings. The lowest BCUT2D eigenvalue weighted by atomic mass is 10.2. The molecule has 1 heterocycles. The molecule has 0 amide bonds. The first kappa shape index (κ1) is 11.0. The lowest BCUT2D eigenvalue weighted by Gasteiger charge is -2.11. The molecule has 1 aromatic carbocycles. The molecule has 0 radical (unpaired) electrons. The zero-order valence-electron chi connectivity index (χ0n) is 8.39. The smallest absolute Gasteiger partial charge is 0.128 e. The topological polar surface area (TPSA) is 24.1 Å². The Morgan fingerprint density at radius 2 is 2.40 bits per heavy atom. The van der Waals surface area contributed by atoms with E-state index in [9.17, 15) is 4.39 Å². The number of benzene rings is 1. The Bertz CT molecular complexity index is 337. The van der Waals surface area contributed by atoms with Crippen LogP contribution in [0.5, 0.6) is 0 Å². The van der Waals surface area contributed by atoms with Crippen molar-refractivity contribution in [3.63, 3.8) is 0 Å². The van der Waals surface area contributed by atoms with Crippen molar-refractivity contribution in [1.29, 1.82) is 0 Å². The molecule has 15 heavy (non-hydrogen) atoms. The summed E-state index contributed by atoms with van der Waals surface area (Å²) in [5.41, 5.74) is 0.727. The Morgan fingerprint density at radius 1 is 1.53 bits per heavy atom. The summed E-state index contributed by atoms with van der Waals surface area (Å²) < 4.78 is 14.2. The van der Waals surface area contributed by atoms with E-state index in [-0.39, 0.29) is 5.82 Å². The number of nitrogens with one attached hydrogen (secondary N) is 2. The van der Waals surface area contributed by atoms with Crippen LogP contribution in [0, 0.1) is 5.82 Å². The summed E-state index contributed by atoms with van der Waals surface area (Å²) in [5.74, 6) is -0.150. The van der Waals surface area contributed by atoms with Crippen molar-refractivity contribution in [2.75, 3.05) is 13.1 Å². The Balaban J connectivity index is 1.92. The average molecular weight is 273 g/mol. The number of halogens is 2. The van der Waals surface area contributed by atoms with E-state index in [1.54, 1.807) is 0 Å². The summed E-state index contributed by atoms with van der Waals surface area (Å²) in [6.07, 6.45) is 1.12. The van der Waals surface area contributed by atoms with Crippen molar-refractivity contribution >= 4 is 15.9 Å². The van der Waals surface area contributed by atoms with Crippen molar-refractivity contribution in [3.8, 4) is 0 Å². The molecule has 2 rings (SSSR count). The van der Waals surface area contributed by atoms with Gasteiger partial charge in [-0.1, -0.05) is 22.0 Å². The molecule has 2 nitrogen and oxygen atoms in total. The number of hydrogen-bond donors (Lipinski definition) is 2. The van der Waals surface area contributed by atoms with Crippen molar-refractivity contribution in [3.05, 3.63) is 34.1 Å². The maximum atomic E-state index is 13.4. The normalized spacial score (nSPS) is 20.8. The van der Waals surface area contributed by atoms with Crippen LogP contribution in [0.2, 0.25) is 0 Å². The van der Waals surface area contributed by atoms with Crippen LogP contribution in [-0.4, -0.2) is 19.1 Å². The van der Waals surface area contributed by atoms with E-state index in [0.29, 0.717) is 12.6 Å². The first-order chi connectivity index (χ1) is 7.25. The van der Waals surface area contributed by atoms with Gasteiger partial charge in [0.2, 0.25) is 0 Å². The third-order valence-electron chi connectivity index (χ3n) is 2.66. The molecule has 0 aliphatic carbocycles. The third-order valence-corrected chi connectivity index (χ3v) is 3.15. The Hall–Kier alpha value is -0.450. The molecule has 0 bridgehead atoms. The molecule has 0 saturated carbocycles. The van der Waals surface area contributed by atoms with Crippen molar-refractivity contribution in [1.82, 2.24) is 10.6 Å². The molecule has 1 aliphatic heterocycles. The highest BCUT2D eigenvalue weighted by Crippen LogP contribution is 2.15. The van der Waals surface area contributed by atoms with Crippen LogP contribution in [0.4, 0.5) is 4.39 Å². The van der Waals surface area contributed by atoms with Crippen LogP contribution in [0.25, 0.3) is 0 Å². The molecule has 1 aromatic rings. The minimum Gasteiger partial charge on any atom is -0.315 e. The van der Waals surface area contributed by atoms with E-state index in [1.807, 2.05) is 12.1 Å². The molecule has 82 valence electrons. The van der Waals surface area contributed by atoms with Gasteiger partial charge in [0, 0.05) is 29.2 Å². The Morgan fingerprint density at radius 3 is 3.07 bits per heavy atom. The van der Waals surface area contributed by atoms with E-state index in [1.165, 1.54) is 6.07 Å². The van der Waals surface area contributed by atoms with Gasteiger partial charge in [-0.15, -0.1) is 0 Å². The fraction of sp³-hybridized carbons (Fsp3) is 0.455. The zero-order valence-corrected chi connectivity index (χ0v) is 9.98. The van der Waals surface area contributed by atoms with Crippen LogP contribution in [-0.2, 0) is 6.54 Å². The molecule has 4 heteroatoms. The van der Waals surface area contributed by atoms with Gasteiger partial charge in [0.1, 0.15) is 5.82 Å². The maximum absolute atomic E-state index is 13.4. The zero-order chi connectivity index (χ0) is 10.7. The summed E-state index contributed by atoms with van der Waals surface area (Å²) in [6, 6.07) is 5.67. The van der Waals surface area contributed by atoms with Gasteiger partial charge in [-0.2, -0.15) is 0 Å². The first-order valence-corrected chi connectivity index (χ1v) is 5.93. The second-order valence-corrected chi connectivity index (χ2v) is 4.72. The summed E-state index contributed by atoms with van der Waals surface area (Å²) in [6.45, 7) is 2.64. The van der Waals surface area contributed by atoms with Gasteiger partial charge in [0.25, 0.3) is 0 Å². The lowest BCUT2D eigenvalue weighted by Crippen LogP contribution is -2.30. The molecule has 1 saturated heterocycles. The third kappa shape index (κ3) is 3.00. The van der Waals surface area contributed by atoms with Crippen molar-refractivity contribution < 1.29 is 4.39 Å². The van der Waals surface area contributed by atoms with Crippen molar-refractivity contribution in [2.24, 2.45) is 0 Å². The standard InChI is InChI=1S/C11H14BrFN2/c12-9-2-1-8(11(13)5-9)6-15-10-3-4-14-7-10/h1-2,5,10,14-15H,3-4,6-7H2. The second kappa shape index (κ2) is 5.05. The van der Waals surface area contributed by atoms with Gasteiger partial charge < -0.3 is 10.6 Å². The summed E-state index contributed by atoms with van der Waals surface area (Å²) in [4.78, 5) is 0. The second-order valence-electron chi connectivity index (χ2n) is 3.81. The van der Waals surface area contributed by atoms with E-state index >= 15 is 0 Å². The fourth-order valence-electron chi connectivity index (χ4n) is 1.75. The summed E-state index contributed by atoms with van der Waals surface area (Å²) in [5, 5.41) is 6.61. The molecular formula is C11H14BrFN2. The fourth-order valence-corrected chi connectivity index (χ4v) is 2.08. The van der Waals surface area contributed by atoms with E-state index in [0.717, 1.165) is 29.5 Å². The highest BCUT2D eigenvalue weighted by Gasteiger charge is 2.13. The van der Waals surface area contributed by atoms with Gasteiger partial charge in [0.15, 0.2) is 0 Å². The van der Waals surface area contributed by atoms with Crippen LogP contribution >= 0.6 is 15.9 Å². The minimum absolute atomic E-state index is 0.150. The molecule has 2 N–H and O–H groups in total. The lowest BCUT2D eigenvalue weighted by molar-refractivity contribution is 0.526. The van der Waals surface area contributed by atoms with Gasteiger partial charge in [-0.25, -0.2) is 4.39 Å². The molecule has 0 aromatic heterocycles. The molecule has 0 spiro atoms. The molecule has 1 unspecified atom stereocenters. The van der Waals surface area contributed by atoms with Gasteiger partial charge in [-0.3, -0.25) is 0 Å². The quantitative estimate of drug-likeness (QED) is 0.880. The van der Waals surface area contributed by atoms with Crippen LogP contribution in [0.3, 0.4) is 0 Å². The van der Waals surface area contributed by atoms with E-state index in [4.69, 9.17) is 0 Å². The van der Waals surface area contributed by atoms with E-state index in [2.05, 4.69) is 26.6 Å². The highest BCUT2D eigenvalue weighted by atomic mass is 79.9. The number of hydrogen-bond acceptors (Lipinski definition) is 2. The minimum atomic E-state index is -0.150. The van der Waals surface area contributed by atoms with Crippen LogP contribution in [0.15, 0.2) is 22.7 Å². The van der Waals surface area contributed by atoms with Crippen LogP contribution < -0.4 is 10.6 Å². The van der Waals surface area contributed by atoms with Crippen LogP contribution in [0.1, 0.15) is 12.0 Å². The molecule has 1 atom stereocenters. The average Bonchev–Trinajstić information content (AvgIpc) is 2.69. The highest BCUT2D eigenvalue weighted by molar-refractivity contribution is 9.10. The largest absolute Gasteiger partial charge is 0.315 e. The Labute approximate surface area is 97.4 Å². The maximum Gasteiger partial charge on any atom is 0.128 e. The SMILES string of the molecule is Fc1cc(Br)ccc1CNC1CCNC1. The van der Waals surface area contributed by atoms with Gasteiger partial charge in [-0.05, 0) is 25.1 Å². The van der Waals surface area contributed by atoms with Gasteiger partial charge >= 0.3 is 0 Å². The monoisotopic (exact) mass is 272 g/mol. The first-order valence-electron chi connectivity index (χ1n) is 5.14.